The summed E-state index contributed by atoms with van der Waals surface area (Å²) in [5, 5.41) is 0. The largest absolute Gasteiger partial charge is 0.377 e. The fourth-order valence-electron chi connectivity index (χ4n) is 4.99. The highest BCUT2D eigenvalue weighted by molar-refractivity contribution is 5.95. The minimum Gasteiger partial charge on any atom is -0.377 e. The van der Waals surface area contributed by atoms with Gasteiger partial charge in [0.1, 0.15) is 12.1 Å². The summed E-state index contributed by atoms with van der Waals surface area (Å²) in [6, 6.07) is -2.20. The molecule has 3 amide bonds. The molecule has 3 saturated heterocycles. The van der Waals surface area contributed by atoms with Crippen LogP contribution in [0.5, 0.6) is 0 Å². The summed E-state index contributed by atoms with van der Waals surface area (Å²) in [7, 11) is 0. The van der Waals surface area contributed by atoms with Gasteiger partial charge in [-0.1, -0.05) is 0 Å². The highest BCUT2D eigenvalue weighted by Gasteiger charge is 2.44. The van der Waals surface area contributed by atoms with Crippen LogP contribution in [0.4, 0.5) is 0 Å². The van der Waals surface area contributed by atoms with E-state index in [2.05, 4.69) is 0 Å². The van der Waals surface area contributed by atoms with Gasteiger partial charge in [-0.2, -0.15) is 0 Å². The number of ketones is 1. The molecule has 192 valence electrons. The van der Waals surface area contributed by atoms with Gasteiger partial charge in [-0.15, -0.1) is 0 Å². The second-order valence-electron chi connectivity index (χ2n) is 9.35. The molecule has 3 rings (SSSR count). The van der Waals surface area contributed by atoms with Crippen molar-refractivity contribution >= 4 is 23.5 Å². The predicted molar refractivity (Wildman–Crippen MR) is 121 cm³/mol. The third-order valence-electron chi connectivity index (χ3n) is 7.09. The van der Waals surface area contributed by atoms with Crippen LogP contribution in [0.3, 0.4) is 0 Å². The van der Waals surface area contributed by atoms with E-state index in [1.54, 1.807) is 18.7 Å². The molecule has 0 saturated carbocycles. The molecular formula is C23H38N4O7. The number of nitrogens with two attached hydrogens (primary N) is 2. The average molecular weight is 483 g/mol. The van der Waals surface area contributed by atoms with Crippen molar-refractivity contribution in [2.45, 2.75) is 76.3 Å². The maximum Gasteiger partial charge on any atom is 0.245 e. The number of rotatable bonds is 1. The van der Waals surface area contributed by atoms with Crippen molar-refractivity contribution in [1.29, 1.82) is 0 Å². The van der Waals surface area contributed by atoms with Crippen molar-refractivity contribution in [2.24, 2.45) is 17.4 Å². The zero-order chi connectivity index (χ0) is 24.8. The van der Waals surface area contributed by atoms with E-state index in [1.165, 1.54) is 4.90 Å². The van der Waals surface area contributed by atoms with Crippen LogP contribution in [0.1, 0.15) is 46.0 Å². The summed E-state index contributed by atoms with van der Waals surface area (Å²) >= 11 is 0. The van der Waals surface area contributed by atoms with Crippen molar-refractivity contribution in [3.63, 3.8) is 0 Å². The quantitative estimate of drug-likeness (QED) is 0.492. The minimum atomic E-state index is -0.910. The zero-order valence-corrected chi connectivity index (χ0v) is 20.1. The molecule has 6 unspecified atom stereocenters. The van der Waals surface area contributed by atoms with Crippen LogP contribution >= 0.6 is 0 Å². The molecule has 0 radical (unpaired) electrons. The number of primary amides is 1. The molecular weight excluding hydrogens is 444 g/mol. The second-order valence-corrected chi connectivity index (χ2v) is 9.35. The lowest BCUT2D eigenvalue weighted by Gasteiger charge is -2.33. The van der Waals surface area contributed by atoms with Gasteiger partial charge in [0.15, 0.2) is 5.78 Å². The van der Waals surface area contributed by atoms with Gasteiger partial charge < -0.3 is 35.5 Å². The first-order valence-corrected chi connectivity index (χ1v) is 12.2. The van der Waals surface area contributed by atoms with E-state index in [4.69, 9.17) is 25.7 Å². The van der Waals surface area contributed by atoms with Gasteiger partial charge in [0, 0.05) is 19.5 Å². The molecule has 0 aromatic carbocycles. The lowest BCUT2D eigenvalue weighted by Crippen LogP contribution is -2.56. The third kappa shape index (κ3) is 6.12. The van der Waals surface area contributed by atoms with E-state index in [1.807, 2.05) is 0 Å². The number of nitrogens with zero attached hydrogens (tertiary/aromatic N) is 2. The van der Waals surface area contributed by atoms with E-state index < -0.39 is 42.2 Å². The molecule has 4 N–H and O–H groups in total. The van der Waals surface area contributed by atoms with Gasteiger partial charge in [-0.25, -0.2) is 0 Å². The van der Waals surface area contributed by atoms with Gasteiger partial charge >= 0.3 is 0 Å². The number of ether oxygens (including phenoxy) is 3. The number of carbonyl (C=O) groups is 4. The molecule has 0 bridgehead atoms. The Morgan fingerprint density at radius 3 is 2.03 bits per heavy atom. The Balaban J connectivity index is 1.81. The van der Waals surface area contributed by atoms with E-state index >= 15 is 0 Å². The molecule has 0 aromatic rings. The Kier molecular flexibility index (Phi) is 9.40. The Hall–Kier alpha value is -2.08. The van der Waals surface area contributed by atoms with Crippen LogP contribution in [0.2, 0.25) is 0 Å². The monoisotopic (exact) mass is 482 g/mol. The SMILES string of the molecule is CC1OCCOCCOC(C)C(C(N)=O)CC(=O)C2CCCN2C(=O)C2CCCN2C(=O)C1N. The Morgan fingerprint density at radius 2 is 1.41 bits per heavy atom. The number of hydrogen-bond acceptors (Lipinski definition) is 8. The Morgan fingerprint density at radius 1 is 0.853 bits per heavy atom. The van der Waals surface area contributed by atoms with Crippen LogP contribution in [-0.2, 0) is 33.4 Å². The first-order valence-electron chi connectivity index (χ1n) is 12.2. The first-order chi connectivity index (χ1) is 16.2. The van der Waals surface area contributed by atoms with Crippen molar-refractivity contribution in [2.75, 3.05) is 39.5 Å². The number of Topliss-reactive ketones (excluding diaryl/α,β-unsaturated/α-hetero) is 1. The van der Waals surface area contributed by atoms with Crippen LogP contribution in [0.25, 0.3) is 0 Å². The summed E-state index contributed by atoms with van der Waals surface area (Å²) in [5.74, 6) is -2.21. The van der Waals surface area contributed by atoms with Crippen LogP contribution in [0, 0.1) is 5.92 Å². The van der Waals surface area contributed by atoms with Crippen LogP contribution in [0.15, 0.2) is 0 Å². The first kappa shape index (κ1) is 26.5. The average Bonchev–Trinajstić information content (AvgIpc) is 3.49. The maximum atomic E-state index is 13.5. The highest BCUT2D eigenvalue weighted by Crippen LogP contribution is 2.28. The van der Waals surface area contributed by atoms with E-state index in [0.717, 1.165) is 0 Å². The van der Waals surface area contributed by atoms with Crippen molar-refractivity contribution in [1.82, 2.24) is 9.80 Å². The van der Waals surface area contributed by atoms with Gasteiger partial charge in [0.2, 0.25) is 17.7 Å². The molecule has 3 fully saturated rings. The Labute approximate surface area is 200 Å². The van der Waals surface area contributed by atoms with Gasteiger partial charge in [0.25, 0.3) is 0 Å². The van der Waals surface area contributed by atoms with E-state index in [-0.39, 0.29) is 50.4 Å². The summed E-state index contributed by atoms with van der Waals surface area (Å²) in [6.07, 6.45) is 1.17. The number of fused-ring (bicyclic) bond motifs is 2. The van der Waals surface area contributed by atoms with Crippen LogP contribution < -0.4 is 11.5 Å². The molecule has 0 aliphatic carbocycles. The highest BCUT2D eigenvalue weighted by atomic mass is 16.5. The molecule has 3 heterocycles. The standard InChI is InChI=1S/C23H38N4O7/c1-14-16(21(25)29)13-19(28)17-5-3-7-26(17)22(30)18-6-4-8-27(18)23(31)20(24)15(2)34-12-10-32-9-11-33-14/h14-18,20H,3-13,24H2,1-2H3,(H2,25,29). The van der Waals surface area contributed by atoms with Gasteiger partial charge in [0.05, 0.1) is 50.6 Å². The zero-order valence-electron chi connectivity index (χ0n) is 20.1. The van der Waals surface area contributed by atoms with Crippen molar-refractivity contribution < 1.29 is 33.4 Å². The molecule has 34 heavy (non-hydrogen) atoms. The van der Waals surface area contributed by atoms with E-state index in [0.29, 0.717) is 38.8 Å². The summed E-state index contributed by atoms with van der Waals surface area (Å²) < 4.78 is 16.9. The number of amides is 3. The molecule has 0 spiro atoms. The smallest absolute Gasteiger partial charge is 0.245 e. The molecule has 0 aromatic heterocycles. The fourth-order valence-corrected chi connectivity index (χ4v) is 4.99. The molecule has 11 nitrogen and oxygen atoms in total. The lowest BCUT2D eigenvalue weighted by molar-refractivity contribution is -0.148. The normalized spacial score (nSPS) is 35.3. The number of hydrogen-bond donors (Lipinski definition) is 2. The molecule has 11 heteroatoms. The summed E-state index contributed by atoms with van der Waals surface area (Å²) in [5.41, 5.74) is 11.8. The lowest BCUT2D eigenvalue weighted by atomic mass is 9.92. The van der Waals surface area contributed by atoms with Gasteiger partial charge in [-0.3, -0.25) is 19.2 Å². The fraction of sp³-hybridized carbons (Fsp3) is 0.826. The maximum absolute atomic E-state index is 13.5. The molecule has 3 aliphatic rings. The molecule has 6 atom stereocenters. The summed E-state index contributed by atoms with van der Waals surface area (Å²) in [6.45, 7) is 5.31. The molecule has 3 aliphatic heterocycles. The van der Waals surface area contributed by atoms with E-state index in [9.17, 15) is 19.2 Å². The van der Waals surface area contributed by atoms with Crippen molar-refractivity contribution in [3.8, 4) is 0 Å². The van der Waals surface area contributed by atoms with Crippen molar-refractivity contribution in [3.05, 3.63) is 0 Å². The van der Waals surface area contributed by atoms with Gasteiger partial charge in [-0.05, 0) is 39.5 Å². The predicted octanol–water partition coefficient (Wildman–Crippen LogP) is -0.803. The topological polar surface area (TPSA) is 154 Å². The van der Waals surface area contributed by atoms with Crippen LogP contribution in [-0.4, -0.2) is 103 Å². The minimum absolute atomic E-state index is 0.102. The number of carbonyl (C=O) groups excluding carboxylic acids is 4. The Bertz CT molecular complexity index is 764. The second kappa shape index (κ2) is 12.1. The summed E-state index contributed by atoms with van der Waals surface area (Å²) in [4.78, 5) is 55.0. The third-order valence-corrected chi connectivity index (χ3v) is 7.09.